The summed E-state index contributed by atoms with van der Waals surface area (Å²) in [4.78, 5) is 4.51. The van der Waals surface area contributed by atoms with Crippen molar-refractivity contribution in [1.29, 1.82) is 0 Å². The highest BCUT2D eigenvalue weighted by Gasteiger charge is 2.27. The summed E-state index contributed by atoms with van der Waals surface area (Å²) in [5.74, 6) is 1.95. The second-order valence-corrected chi connectivity index (χ2v) is 5.30. The number of rotatable bonds is 4. The Bertz CT molecular complexity index is 529. The molecule has 0 saturated heterocycles. The van der Waals surface area contributed by atoms with E-state index in [-0.39, 0.29) is 12.4 Å². The van der Waals surface area contributed by atoms with Gasteiger partial charge in [-0.25, -0.2) is 0 Å². The molecule has 108 valence electrons. The van der Waals surface area contributed by atoms with E-state index in [0.717, 1.165) is 43.8 Å². The van der Waals surface area contributed by atoms with Crippen LogP contribution in [0, 0.1) is 0 Å². The van der Waals surface area contributed by atoms with E-state index in [1.165, 1.54) is 5.56 Å². The first-order chi connectivity index (χ1) is 9.31. The summed E-state index contributed by atoms with van der Waals surface area (Å²) < 4.78 is 5.37. The van der Waals surface area contributed by atoms with Crippen molar-refractivity contribution < 1.29 is 4.52 Å². The molecule has 1 aromatic carbocycles. The van der Waals surface area contributed by atoms with E-state index in [9.17, 15) is 0 Å². The molecule has 1 aliphatic carbocycles. The molecule has 2 aromatic rings. The third kappa shape index (κ3) is 3.58. The monoisotopic (exact) mass is 293 g/mol. The van der Waals surface area contributed by atoms with Gasteiger partial charge >= 0.3 is 0 Å². The Hall–Kier alpha value is -1.39. The molecule has 1 saturated carbocycles. The molecule has 4 nitrogen and oxygen atoms in total. The highest BCUT2D eigenvalue weighted by molar-refractivity contribution is 5.85. The quantitative estimate of drug-likeness (QED) is 0.941. The van der Waals surface area contributed by atoms with Crippen LogP contribution in [0.25, 0.3) is 0 Å². The molecule has 2 atom stereocenters. The van der Waals surface area contributed by atoms with Crippen molar-refractivity contribution in [2.24, 2.45) is 5.73 Å². The minimum absolute atomic E-state index is 0. The molecular formula is C15H20ClN3O. The lowest BCUT2D eigenvalue weighted by molar-refractivity contribution is 0.349. The number of nitrogens with two attached hydrogens (primary N) is 1. The molecule has 1 fully saturated rings. The lowest BCUT2D eigenvalue weighted by atomic mass is 10.1. The Labute approximate surface area is 125 Å². The minimum atomic E-state index is 0. The molecule has 1 heterocycles. The largest absolute Gasteiger partial charge is 0.339 e. The highest BCUT2D eigenvalue weighted by atomic mass is 35.5. The summed E-state index contributed by atoms with van der Waals surface area (Å²) >= 11 is 0. The third-order valence-electron chi connectivity index (χ3n) is 3.79. The summed E-state index contributed by atoms with van der Waals surface area (Å²) in [6.45, 7) is 0. The Morgan fingerprint density at radius 1 is 1.15 bits per heavy atom. The summed E-state index contributed by atoms with van der Waals surface area (Å²) in [7, 11) is 0. The van der Waals surface area contributed by atoms with Crippen LogP contribution in [0.3, 0.4) is 0 Å². The van der Waals surface area contributed by atoms with E-state index < -0.39 is 0 Å². The maximum Gasteiger partial charge on any atom is 0.229 e. The van der Waals surface area contributed by atoms with Gasteiger partial charge in [-0.15, -0.1) is 12.4 Å². The summed E-state index contributed by atoms with van der Waals surface area (Å²) in [6.07, 6.45) is 4.88. The molecule has 3 rings (SSSR count). The molecule has 2 unspecified atom stereocenters. The summed E-state index contributed by atoms with van der Waals surface area (Å²) in [6, 6.07) is 10.7. The van der Waals surface area contributed by atoms with Gasteiger partial charge in [-0.2, -0.15) is 4.98 Å². The van der Waals surface area contributed by atoms with Crippen molar-refractivity contribution in [3.63, 3.8) is 0 Å². The van der Waals surface area contributed by atoms with Crippen LogP contribution in [0.4, 0.5) is 0 Å². The molecule has 0 radical (unpaired) electrons. The number of hydrogen-bond donors (Lipinski definition) is 1. The van der Waals surface area contributed by atoms with Gasteiger partial charge in [0.25, 0.3) is 0 Å². The zero-order valence-electron chi connectivity index (χ0n) is 11.4. The second kappa shape index (κ2) is 6.86. The Morgan fingerprint density at radius 2 is 1.95 bits per heavy atom. The van der Waals surface area contributed by atoms with Crippen LogP contribution in [-0.2, 0) is 12.8 Å². The predicted octanol–water partition coefficient (Wildman–Crippen LogP) is 2.87. The van der Waals surface area contributed by atoms with E-state index in [1.807, 2.05) is 6.07 Å². The van der Waals surface area contributed by atoms with Crippen LogP contribution >= 0.6 is 12.4 Å². The predicted molar refractivity (Wildman–Crippen MR) is 80.0 cm³/mol. The average Bonchev–Trinajstić information content (AvgIpc) is 3.06. The third-order valence-corrected chi connectivity index (χ3v) is 3.79. The van der Waals surface area contributed by atoms with Gasteiger partial charge in [-0.1, -0.05) is 35.5 Å². The van der Waals surface area contributed by atoms with Gasteiger partial charge in [-0.3, -0.25) is 0 Å². The molecule has 0 bridgehead atoms. The number of halogens is 1. The van der Waals surface area contributed by atoms with Crippen molar-refractivity contribution in [1.82, 2.24) is 10.1 Å². The molecular weight excluding hydrogens is 274 g/mol. The normalized spacial score (nSPS) is 21.6. The topological polar surface area (TPSA) is 64.9 Å². The van der Waals surface area contributed by atoms with Crippen LogP contribution in [0.2, 0.25) is 0 Å². The first-order valence-electron chi connectivity index (χ1n) is 6.93. The smallest absolute Gasteiger partial charge is 0.229 e. The first kappa shape index (κ1) is 15.0. The number of benzene rings is 1. The first-order valence-corrected chi connectivity index (χ1v) is 6.93. The lowest BCUT2D eigenvalue weighted by Gasteiger charge is -2.01. The van der Waals surface area contributed by atoms with Crippen molar-refractivity contribution >= 4 is 12.4 Å². The maximum atomic E-state index is 5.91. The average molecular weight is 294 g/mol. The van der Waals surface area contributed by atoms with Gasteiger partial charge in [0, 0.05) is 18.4 Å². The minimum Gasteiger partial charge on any atom is -0.339 e. The fourth-order valence-corrected chi connectivity index (χ4v) is 2.68. The van der Waals surface area contributed by atoms with E-state index >= 15 is 0 Å². The molecule has 1 aromatic heterocycles. The maximum absolute atomic E-state index is 5.91. The SMILES string of the molecule is Cl.NC1CCC(c2nc(CCc3ccccc3)no2)C1. The molecule has 0 aliphatic heterocycles. The molecule has 5 heteroatoms. The Kier molecular flexibility index (Phi) is 5.15. The van der Waals surface area contributed by atoms with Gasteiger partial charge in [0.05, 0.1) is 0 Å². The van der Waals surface area contributed by atoms with Crippen LogP contribution in [0.15, 0.2) is 34.9 Å². The van der Waals surface area contributed by atoms with Crippen LogP contribution in [0.5, 0.6) is 0 Å². The van der Waals surface area contributed by atoms with Crippen molar-refractivity contribution in [3.05, 3.63) is 47.6 Å². The molecule has 0 spiro atoms. The molecule has 1 aliphatic rings. The van der Waals surface area contributed by atoms with Gasteiger partial charge in [0.1, 0.15) is 0 Å². The molecule has 20 heavy (non-hydrogen) atoms. The van der Waals surface area contributed by atoms with Crippen molar-refractivity contribution in [3.8, 4) is 0 Å². The van der Waals surface area contributed by atoms with E-state index in [0.29, 0.717) is 12.0 Å². The van der Waals surface area contributed by atoms with E-state index in [2.05, 4.69) is 34.4 Å². The van der Waals surface area contributed by atoms with E-state index in [1.54, 1.807) is 0 Å². The van der Waals surface area contributed by atoms with Gasteiger partial charge < -0.3 is 10.3 Å². The lowest BCUT2D eigenvalue weighted by Crippen LogP contribution is -2.14. The molecule has 0 amide bonds. The van der Waals surface area contributed by atoms with Crippen molar-refractivity contribution in [2.45, 2.75) is 44.1 Å². The second-order valence-electron chi connectivity index (χ2n) is 5.30. The summed E-state index contributed by atoms with van der Waals surface area (Å²) in [5.41, 5.74) is 7.22. The molecule has 2 N–H and O–H groups in total. The zero-order valence-corrected chi connectivity index (χ0v) is 12.2. The van der Waals surface area contributed by atoms with Gasteiger partial charge in [0.15, 0.2) is 5.82 Å². The number of aryl methyl sites for hydroxylation is 2. The standard InChI is InChI=1S/C15H19N3O.ClH/c16-13-8-7-12(10-13)15-17-14(18-19-15)9-6-11-4-2-1-3-5-11;/h1-5,12-13H,6-10,16H2;1H. The number of nitrogens with zero attached hydrogens (tertiary/aromatic N) is 2. The van der Waals surface area contributed by atoms with Crippen LogP contribution < -0.4 is 5.73 Å². The van der Waals surface area contributed by atoms with Gasteiger partial charge in [-0.05, 0) is 31.2 Å². The Balaban J connectivity index is 0.00000147. The zero-order chi connectivity index (χ0) is 13.1. The van der Waals surface area contributed by atoms with Crippen LogP contribution in [0.1, 0.15) is 42.5 Å². The fraction of sp³-hybridized carbons (Fsp3) is 0.467. The fourth-order valence-electron chi connectivity index (χ4n) is 2.68. The number of aromatic nitrogens is 2. The van der Waals surface area contributed by atoms with Crippen LogP contribution in [-0.4, -0.2) is 16.2 Å². The summed E-state index contributed by atoms with van der Waals surface area (Å²) in [5, 5.41) is 4.07. The highest BCUT2D eigenvalue weighted by Crippen LogP contribution is 2.32. The van der Waals surface area contributed by atoms with Crippen molar-refractivity contribution in [2.75, 3.05) is 0 Å². The van der Waals surface area contributed by atoms with E-state index in [4.69, 9.17) is 10.3 Å². The number of hydrogen-bond acceptors (Lipinski definition) is 4. The Morgan fingerprint density at radius 3 is 2.65 bits per heavy atom. The van der Waals surface area contributed by atoms with Gasteiger partial charge in [0.2, 0.25) is 5.89 Å².